The fourth-order valence-electron chi connectivity index (χ4n) is 4.91. The average Bonchev–Trinajstić information content (AvgIpc) is 3.43. The maximum atomic E-state index is 8.13. The number of rotatable bonds is 9. The van der Waals surface area contributed by atoms with Gasteiger partial charge in [0.2, 0.25) is 0 Å². The first kappa shape index (κ1) is 22.7. The Kier molecular flexibility index (Phi) is 7.83. The number of ether oxygens (including phenoxy) is 1. The van der Waals surface area contributed by atoms with Crippen LogP contribution in [-0.4, -0.2) is 68.6 Å². The van der Waals surface area contributed by atoms with Crippen molar-refractivity contribution in [2.75, 3.05) is 46.4 Å². The van der Waals surface area contributed by atoms with Crippen molar-refractivity contribution in [2.45, 2.75) is 39.0 Å². The largest absolute Gasteiger partial charge is 0.393 e. The third-order valence-electron chi connectivity index (χ3n) is 6.92. The van der Waals surface area contributed by atoms with Gasteiger partial charge in [0.15, 0.2) is 0 Å². The Morgan fingerprint density at radius 2 is 1.97 bits per heavy atom. The predicted octanol–water partition coefficient (Wildman–Crippen LogP) is 2.80. The highest BCUT2D eigenvalue weighted by Crippen LogP contribution is 2.59. The lowest BCUT2D eigenvalue weighted by Gasteiger charge is -2.36. The minimum Gasteiger partial charge on any atom is -0.393 e. The van der Waals surface area contributed by atoms with Gasteiger partial charge in [0.05, 0.1) is 12.3 Å². The highest BCUT2D eigenvalue weighted by Gasteiger charge is 2.54. The van der Waals surface area contributed by atoms with E-state index in [1.165, 1.54) is 51.7 Å². The van der Waals surface area contributed by atoms with Crippen molar-refractivity contribution in [3.8, 4) is 0 Å². The Morgan fingerprint density at radius 1 is 1.20 bits per heavy atom. The van der Waals surface area contributed by atoms with E-state index in [0.29, 0.717) is 28.5 Å². The van der Waals surface area contributed by atoms with Crippen LogP contribution in [0.2, 0.25) is 0 Å². The molecule has 2 saturated heterocycles. The monoisotopic (exact) mass is 414 g/mol. The summed E-state index contributed by atoms with van der Waals surface area (Å²) in [6, 6.07) is 0. The van der Waals surface area contributed by atoms with Crippen molar-refractivity contribution in [3.05, 3.63) is 23.9 Å². The van der Waals surface area contributed by atoms with E-state index < -0.39 is 0 Å². The number of amidine groups is 1. The Labute approximate surface area is 180 Å². The Balaban J connectivity index is 1.36. The first-order valence-electron chi connectivity index (χ1n) is 11.3. The molecular formula is C23H38N6O. The van der Waals surface area contributed by atoms with Crippen LogP contribution in [0.3, 0.4) is 0 Å². The number of hydrogen-bond acceptors (Lipinski definition) is 6. The summed E-state index contributed by atoms with van der Waals surface area (Å²) in [6.07, 6.45) is 11.2. The zero-order valence-corrected chi connectivity index (χ0v) is 18.5. The van der Waals surface area contributed by atoms with Crippen molar-refractivity contribution < 1.29 is 4.74 Å². The molecule has 1 spiro atoms. The number of allylic oxidation sites excluding steroid dienone is 2. The zero-order valence-electron chi connectivity index (χ0n) is 18.5. The molecule has 0 bridgehead atoms. The summed E-state index contributed by atoms with van der Waals surface area (Å²) in [7, 11) is 1.75. The first-order valence-corrected chi connectivity index (χ1v) is 11.3. The number of likely N-dealkylation sites (tertiary alicyclic amines) is 1. The van der Waals surface area contributed by atoms with Crippen LogP contribution in [0.25, 0.3) is 0 Å². The molecule has 2 atom stereocenters. The summed E-state index contributed by atoms with van der Waals surface area (Å²) in [5, 5.41) is 30.1. The van der Waals surface area contributed by atoms with Gasteiger partial charge in [0, 0.05) is 44.2 Å². The molecule has 3 aliphatic rings. The number of nitrogens with zero attached hydrogens (tertiary/aromatic N) is 1. The minimum absolute atomic E-state index is 0.238. The van der Waals surface area contributed by atoms with Crippen molar-refractivity contribution >= 4 is 17.3 Å². The molecule has 0 aromatic carbocycles. The second-order valence-corrected chi connectivity index (χ2v) is 9.16. The second kappa shape index (κ2) is 10.4. The summed E-state index contributed by atoms with van der Waals surface area (Å²) < 4.78 is 5.63. The van der Waals surface area contributed by atoms with Gasteiger partial charge in [-0.05, 0) is 81.5 Å². The summed E-state index contributed by atoms with van der Waals surface area (Å²) in [5.41, 5.74) is 1.60. The van der Waals surface area contributed by atoms with Gasteiger partial charge < -0.3 is 31.1 Å². The number of piperidine rings is 1. The highest BCUT2D eigenvalue weighted by atomic mass is 16.5. The minimum atomic E-state index is 0.238. The van der Waals surface area contributed by atoms with E-state index in [2.05, 4.69) is 15.5 Å². The van der Waals surface area contributed by atoms with Gasteiger partial charge in [-0.1, -0.05) is 0 Å². The van der Waals surface area contributed by atoms with Crippen molar-refractivity contribution in [1.29, 1.82) is 16.2 Å². The SMILES string of the molecule is CN/C=C(\C(C)=N)C(=N)/C=C\C(=N)NCC1CC12CCN(CC1CCCOC1)CC2. The van der Waals surface area contributed by atoms with Crippen molar-refractivity contribution in [1.82, 2.24) is 15.5 Å². The van der Waals surface area contributed by atoms with E-state index >= 15 is 0 Å². The molecule has 166 valence electrons. The fraction of sp³-hybridized carbons (Fsp3) is 0.696. The summed E-state index contributed by atoms with van der Waals surface area (Å²) >= 11 is 0. The smallest absolute Gasteiger partial charge is 0.118 e. The van der Waals surface area contributed by atoms with Crippen LogP contribution in [0.15, 0.2) is 23.9 Å². The lowest BCUT2D eigenvalue weighted by molar-refractivity contribution is 0.0308. The lowest BCUT2D eigenvalue weighted by Crippen LogP contribution is -2.40. The van der Waals surface area contributed by atoms with Crippen LogP contribution in [0.4, 0.5) is 0 Å². The molecule has 1 saturated carbocycles. The number of nitrogens with one attached hydrogen (secondary N) is 5. The lowest BCUT2D eigenvalue weighted by atomic mass is 9.90. The third kappa shape index (κ3) is 6.01. The molecule has 3 fully saturated rings. The van der Waals surface area contributed by atoms with Gasteiger partial charge in [-0.3, -0.25) is 5.41 Å². The average molecular weight is 415 g/mol. The van der Waals surface area contributed by atoms with Crippen molar-refractivity contribution in [3.63, 3.8) is 0 Å². The van der Waals surface area contributed by atoms with Crippen LogP contribution in [0.5, 0.6) is 0 Å². The molecule has 0 aromatic rings. The molecule has 0 aromatic heterocycles. The fourth-order valence-corrected chi connectivity index (χ4v) is 4.91. The quantitative estimate of drug-likeness (QED) is 0.295. The first-order chi connectivity index (χ1) is 14.4. The van der Waals surface area contributed by atoms with Crippen LogP contribution in [-0.2, 0) is 4.74 Å². The van der Waals surface area contributed by atoms with E-state index in [9.17, 15) is 0 Å². The molecule has 3 rings (SSSR count). The van der Waals surface area contributed by atoms with E-state index in [4.69, 9.17) is 21.0 Å². The Bertz CT molecular complexity index is 698. The van der Waals surface area contributed by atoms with Gasteiger partial charge in [0.1, 0.15) is 5.84 Å². The molecule has 5 N–H and O–H groups in total. The topological polar surface area (TPSA) is 108 Å². The van der Waals surface area contributed by atoms with E-state index in [0.717, 1.165) is 25.7 Å². The maximum absolute atomic E-state index is 8.13. The molecule has 1 aliphatic carbocycles. The summed E-state index contributed by atoms with van der Waals surface area (Å²) in [6.45, 7) is 7.98. The molecule has 2 unspecified atom stereocenters. The molecule has 7 nitrogen and oxygen atoms in total. The van der Waals surface area contributed by atoms with Crippen LogP contribution >= 0.6 is 0 Å². The van der Waals surface area contributed by atoms with Gasteiger partial charge in [-0.25, -0.2) is 0 Å². The van der Waals surface area contributed by atoms with Gasteiger partial charge in [-0.2, -0.15) is 0 Å². The van der Waals surface area contributed by atoms with E-state index in [-0.39, 0.29) is 5.71 Å². The van der Waals surface area contributed by atoms with Crippen molar-refractivity contribution in [2.24, 2.45) is 17.3 Å². The summed E-state index contributed by atoms with van der Waals surface area (Å²) in [4.78, 5) is 2.63. The highest BCUT2D eigenvalue weighted by molar-refractivity contribution is 6.26. The van der Waals surface area contributed by atoms with Crippen LogP contribution in [0.1, 0.15) is 39.0 Å². The number of hydrogen-bond donors (Lipinski definition) is 5. The second-order valence-electron chi connectivity index (χ2n) is 9.16. The van der Waals surface area contributed by atoms with E-state index in [1.54, 1.807) is 32.3 Å². The standard InChI is InChI=1S/C23H38N6O/c1-17(24)20(14-27-2)21(25)5-6-22(26)28-13-19-12-23(19)7-9-29(10-8-23)15-18-4-3-11-30-16-18/h5-6,14,18-19,24-25,27H,3-4,7-13,15-16H2,1-2H3,(H2,26,28)/b6-5-,20-14+,24-17?,25-21?. The van der Waals surface area contributed by atoms with E-state index in [1.807, 2.05) is 0 Å². The van der Waals surface area contributed by atoms with Crippen LogP contribution in [0, 0.1) is 33.5 Å². The zero-order chi connectivity index (χ0) is 21.6. The molecule has 0 radical (unpaired) electrons. The predicted molar refractivity (Wildman–Crippen MR) is 123 cm³/mol. The van der Waals surface area contributed by atoms with Gasteiger partial charge in [-0.15, -0.1) is 0 Å². The molecule has 2 aliphatic heterocycles. The Morgan fingerprint density at radius 3 is 2.60 bits per heavy atom. The maximum Gasteiger partial charge on any atom is 0.118 e. The van der Waals surface area contributed by atoms with Gasteiger partial charge in [0.25, 0.3) is 0 Å². The molecular weight excluding hydrogens is 376 g/mol. The van der Waals surface area contributed by atoms with Gasteiger partial charge >= 0.3 is 0 Å². The molecule has 2 heterocycles. The molecule has 0 amide bonds. The molecule has 30 heavy (non-hydrogen) atoms. The molecule has 7 heteroatoms. The third-order valence-corrected chi connectivity index (χ3v) is 6.92. The van der Waals surface area contributed by atoms with Crippen LogP contribution < -0.4 is 10.6 Å². The summed E-state index contributed by atoms with van der Waals surface area (Å²) in [5.74, 6) is 1.72. The Hall–Kier alpha value is -1.99. The normalized spacial score (nSPS) is 26.5.